The Morgan fingerprint density at radius 2 is 0.857 bits per heavy atom. The molecule has 6 nitrogen and oxygen atoms in total. The second kappa shape index (κ2) is 10.1. The number of hydrogen-bond donors (Lipinski definition) is 0. The summed E-state index contributed by atoms with van der Waals surface area (Å²) in [6.45, 7) is 0. The molecule has 154 valence electrons. The molecule has 0 amide bonds. The number of alkyl halides is 2. The van der Waals surface area contributed by atoms with Crippen LogP contribution in [0.5, 0.6) is 34.5 Å². The Kier molecular flexibility index (Phi) is 8.12. The van der Waals surface area contributed by atoms with E-state index in [0.29, 0.717) is 45.2 Å². The lowest BCUT2D eigenvalue weighted by molar-refractivity contribution is 0.321. The third-order valence-corrected chi connectivity index (χ3v) is 5.57. The molecule has 0 aromatic heterocycles. The highest BCUT2D eigenvalue weighted by Crippen LogP contribution is 2.54. The van der Waals surface area contributed by atoms with E-state index in [1.54, 1.807) is 42.7 Å². The van der Waals surface area contributed by atoms with Crippen LogP contribution in [-0.2, 0) is 10.7 Å². The summed E-state index contributed by atoms with van der Waals surface area (Å²) in [6, 6.07) is 3.83. The number of rotatable bonds is 9. The monoisotopic (exact) mass is 518 g/mol. The second-order valence-electron chi connectivity index (χ2n) is 5.63. The van der Waals surface area contributed by atoms with Crippen molar-refractivity contribution in [2.24, 2.45) is 0 Å². The molecule has 0 unspecified atom stereocenters. The number of halogens is 2. The fourth-order valence-corrected chi connectivity index (χ4v) is 4.06. The minimum absolute atomic E-state index is 0.502. The number of methoxy groups -OCH3 is 6. The molecule has 8 heteroatoms. The van der Waals surface area contributed by atoms with Crippen molar-refractivity contribution in [1.82, 2.24) is 0 Å². The fraction of sp³-hybridized carbons (Fsp3) is 0.400. The van der Waals surface area contributed by atoms with Gasteiger partial charge in [-0.25, -0.2) is 0 Å². The minimum atomic E-state index is 0.502. The van der Waals surface area contributed by atoms with Crippen molar-refractivity contribution in [3.63, 3.8) is 0 Å². The Morgan fingerprint density at radius 1 is 0.536 bits per heavy atom. The van der Waals surface area contributed by atoms with Crippen LogP contribution in [0.4, 0.5) is 0 Å². The second-order valence-corrected chi connectivity index (χ2v) is 6.75. The third kappa shape index (κ3) is 3.85. The zero-order chi connectivity index (χ0) is 20.8. The average molecular weight is 520 g/mol. The van der Waals surface area contributed by atoms with Crippen LogP contribution in [0.3, 0.4) is 0 Å². The maximum atomic E-state index is 5.77. The predicted molar refractivity (Wildman–Crippen MR) is 116 cm³/mol. The molecule has 0 N–H and O–H groups in total. The summed E-state index contributed by atoms with van der Waals surface area (Å²) < 4.78 is 33.7. The molecule has 0 saturated carbocycles. The first kappa shape index (κ1) is 22.5. The van der Waals surface area contributed by atoms with E-state index in [-0.39, 0.29) is 0 Å². The molecule has 2 rings (SSSR count). The van der Waals surface area contributed by atoms with Gasteiger partial charge in [-0.05, 0) is 23.3 Å². The van der Waals surface area contributed by atoms with Gasteiger partial charge in [0, 0.05) is 21.8 Å². The Bertz CT molecular complexity index is 769. The SMILES string of the molecule is COc1cc(CBr)c(-c2c(CBr)cc(OC)c(OC)c2OC)c(OC)c1OC. The van der Waals surface area contributed by atoms with Crippen molar-refractivity contribution in [1.29, 1.82) is 0 Å². The third-order valence-electron chi connectivity index (χ3n) is 4.36. The average Bonchev–Trinajstić information content (AvgIpc) is 2.75. The first-order chi connectivity index (χ1) is 13.6. The topological polar surface area (TPSA) is 55.4 Å². The molecule has 0 spiro atoms. The van der Waals surface area contributed by atoms with E-state index in [0.717, 1.165) is 22.3 Å². The lowest BCUT2D eigenvalue weighted by Gasteiger charge is -2.24. The van der Waals surface area contributed by atoms with Crippen LogP contribution in [-0.4, -0.2) is 42.7 Å². The van der Waals surface area contributed by atoms with Gasteiger partial charge in [-0.15, -0.1) is 0 Å². The molecular formula is C20H24Br2O6. The quantitative estimate of drug-likeness (QED) is 0.425. The Hall–Kier alpha value is -1.80. The van der Waals surface area contributed by atoms with Crippen molar-refractivity contribution in [3.05, 3.63) is 23.3 Å². The van der Waals surface area contributed by atoms with Gasteiger partial charge in [-0.2, -0.15) is 0 Å². The van der Waals surface area contributed by atoms with E-state index in [1.807, 2.05) is 12.1 Å². The van der Waals surface area contributed by atoms with E-state index in [4.69, 9.17) is 28.4 Å². The Balaban J connectivity index is 3.06. The van der Waals surface area contributed by atoms with Crippen LogP contribution in [0.15, 0.2) is 12.1 Å². The van der Waals surface area contributed by atoms with E-state index >= 15 is 0 Å². The highest BCUT2D eigenvalue weighted by Gasteiger charge is 2.29. The highest BCUT2D eigenvalue weighted by atomic mass is 79.9. The van der Waals surface area contributed by atoms with Gasteiger partial charge in [-0.1, -0.05) is 31.9 Å². The largest absolute Gasteiger partial charge is 0.493 e. The number of ether oxygens (including phenoxy) is 6. The Labute approximate surface area is 182 Å². The van der Waals surface area contributed by atoms with Crippen molar-refractivity contribution in [3.8, 4) is 45.6 Å². The molecule has 2 aromatic rings. The Morgan fingerprint density at radius 3 is 1.07 bits per heavy atom. The lowest BCUT2D eigenvalue weighted by atomic mass is 9.93. The molecule has 28 heavy (non-hydrogen) atoms. The number of hydrogen-bond acceptors (Lipinski definition) is 6. The summed E-state index contributed by atoms with van der Waals surface area (Å²) in [5.74, 6) is 3.26. The van der Waals surface area contributed by atoms with Crippen LogP contribution in [0.2, 0.25) is 0 Å². The molecule has 0 fully saturated rings. The van der Waals surface area contributed by atoms with Crippen LogP contribution < -0.4 is 28.4 Å². The lowest BCUT2D eigenvalue weighted by Crippen LogP contribution is -2.04. The van der Waals surface area contributed by atoms with Crippen molar-refractivity contribution in [2.75, 3.05) is 42.7 Å². The molecule has 0 aliphatic heterocycles. The summed E-state index contributed by atoms with van der Waals surface area (Å²) in [7, 11) is 9.54. The van der Waals surface area contributed by atoms with Gasteiger partial charge >= 0.3 is 0 Å². The summed E-state index contributed by atoms with van der Waals surface area (Å²) >= 11 is 7.15. The van der Waals surface area contributed by atoms with Gasteiger partial charge in [0.25, 0.3) is 0 Å². The van der Waals surface area contributed by atoms with Gasteiger partial charge in [0.15, 0.2) is 23.0 Å². The van der Waals surface area contributed by atoms with Crippen LogP contribution in [0.25, 0.3) is 11.1 Å². The van der Waals surface area contributed by atoms with E-state index in [2.05, 4.69) is 31.9 Å². The summed E-state index contributed by atoms with van der Waals surface area (Å²) in [5, 5.41) is 1.14. The van der Waals surface area contributed by atoms with E-state index in [1.165, 1.54) is 0 Å². The first-order valence-corrected chi connectivity index (χ1v) is 10.6. The van der Waals surface area contributed by atoms with E-state index < -0.39 is 0 Å². The van der Waals surface area contributed by atoms with Gasteiger partial charge in [-0.3, -0.25) is 0 Å². The molecule has 2 aromatic carbocycles. The summed E-state index contributed by atoms with van der Waals surface area (Å²) in [5.41, 5.74) is 3.54. The zero-order valence-electron chi connectivity index (χ0n) is 16.8. The van der Waals surface area contributed by atoms with Crippen LogP contribution in [0.1, 0.15) is 11.1 Å². The zero-order valence-corrected chi connectivity index (χ0v) is 19.9. The fourth-order valence-electron chi connectivity index (χ4n) is 3.17. The molecule has 0 heterocycles. The molecule has 0 bridgehead atoms. The molecule has 0 aliphatic carbocycles. The number of benzene rings is 2. The van der Waals surface area contributed by atoms with Gasteiger partial charge in [0.1, 0.15) is 0 Å². The van der Waals surface area contributed by atoms with Gasteiger partial charge in [0.05, 0.1) is 42.7 Å². The minimum Gasteiger partial charge on any atom is -0.493 e. The van der Waals surface area contributed by atoms with Gasteiger partial charge in [0.2, 0.25) is 11.5 Å². The molecular weight excluding hydrogens is 496 g/mol. The van der Waals surface area contributed by atoms with Gasteiger partial charge < -0.3 is 28.4 Å². The van der Waals surface area contributed by atoms with Crippen molar-refractivity contribution in [2.45, 2.75) is 10.7 Å². The maximum absolute atomic E-state index is 5.77. The van der Waals surface area contributed by atoms with Crippen LogP contribution >= 0.6 is 31.9 Å². The summed E-state index contributed by atoms with van der Waals surface area (Å²) in [4.78, 5) is 0. The molecule has 0 radical (unpaired) electrons. The highest BCUT2D eigenvalue weighted by molar-refractivity contribution is 9.08. The van der Waals surface area contributed by atoms with Crippen LogP contribution in [0, 0.1) is 0 Å². The first-order valence-electron chi connectivity index (χ1n) is 8.32. The van der Waals surface area contributed by atoms with Crippen molar-refractivity contribution >= 4 is 31.9 Å². The molecule has 0 aliphatic rings. The maximum Gasteiger partial charge on any atom is 0.203 e. The summed E-state index contributed by atoms with van der Waals surface area (Å²) in [6.07, 6.45) is 0. The smallest absolute Gasteiger partial charge is 0.203 e. The predicted octanol–water partition coefficient (Wildman–Crippen LogP) is 5.20. The van der Waals surface area contributed by atoms with Crippen molar-refractivity contribution < 1.29 is 28.4 Å². The standard InChI is InChI=1S/C20H24Br2O6/c1-23-13-7-11(9-21)15(19(27-5)17(13)25-3)16-12(10-22)8-14(24-2)18(26-4)20(16)28-6/h7-8H,9-10H2,1-6H3. The molecule has 0 saturated heterocycles. The van der Waals surface area contributed by atoms with E-state index in [9.17, 15) is 0 Å². The normalized spacial score (nSPS) is 10.4. The molecule has 0 atom stereocenters.